The fourth-order valence-corrected chi connectivity index (χ4v) is 7.11. The molecule has 0 fully saturated rings. The van der Waals surface area contributed by atoms with E-state index in [0.29, 0.717) is 40.9 Å². The maximum Gasteiger partial charge on any atom is 0.272 e. The van der Waals surface area contributed by atoms with Gasteiger partial charge in [0, 0.05) is 32.7 Å². The summed E-state index contributed by atoms with van der Waals surface area (Å²) in [6.07, 6.45) is 1.60. The van der Waals surface area contributed by atoms with Crippen LogP contribution in [0.2, 0.25) is 0 Å². The van der Waals surface area contributed by atoms with E-state index in [1.165, 1.54) is 23.1 Å². The predicted molar refractivity (Wildman–Crippen MR) is 217 cm³/mol. The van der Waals surface area contributed by atoms with Crippen LogP contribution >= 0.6 is 23.1 Å². The van der Waals surface area contributed by atoms with E-state index in [1.54, 1.807) is 48.5 Å². The molecule has 0 aliphatic heterocycles. The number of carbonyl (C=O) groups excluding carboxylic acids is 3. The number of amides is 3. The third-order valence-corrected chi connectivity index (χ3v) is 9.97. The molecule has 0 aliphatic rings. The van der Waals surface area contributed by atoms with Gasteiger partial charge in [0.05, 0.1) is 18.9 Å². The lowest BCUT2D eigenvalue weighted by atomic mass is 10.1. The zero-order valence-electron chi connectivity index (χ0n) is 29.7. The Hall–Kier alpha value is -6.17. The van der Waals surface area contributed by atoms with Gasteiger partial charge in [-0.05, 0) is 92.2 Å². The molecule has 9 nitrogen and oxygen atoms in total. The van der Waals surface area contributed by atoms with Crippen LogP contribution in [0, 0.1) is 0 Å². The van der Waals surface area contributed by atoms with Crippen molar-refractivity contribution in [1.29, 1.82) is 0 Å². The minimum atomic E-state index is -0.586. The van der Waals surface area contributed by atoms with E-state index in [0.717, 1.165) is 27.5 Å². The number of thiazole rings is 1. The molecule has 6 aromatic rings. The summed E-state index contributed by atoms with van der Waals surface area (Å²) in [6, 6.07) is 40.4. The zero-order chi connectivity index (χ0) is 37.7. The largest absolute Gasteiger partial charge is 0.494 e. The number of aromatic nitrogens is 1. The van der Waals surface area contributed by atoms with Crippen LogP contribution in [-0.2, 0) is 9.59 Å². The van der Waals surface area contributed by atoms with Crippen LogP contribution in [0.4, 0.5) is 10.8 Å². The standard InChI is InChI=1S/C43H38N4O5S2/c1-3-51-34-23-19-29(20-24-34)37-28-53-43(46-37)47-42(50)39(30-13-7-5-8-14-30)54-35-25-21-33(22-26-35)44-41(49)36(45-40(48)31-15-9-6-10-16-31)27-32-17-11-12-18-38(32)52-4-2/h5-28,39H,3-4H2,1-2H3,(H,44,49)(H,45,48)(H,46,47,50)/b36-27-. The number of thioether (sulfide) groups is 1. The second-order valence-corrected chi connectivity index (χ2v) is 13.8. The Balaban J connectivity index is 1.17. The Labute approximate surface area is 322 Å². The molecular formula is C43H38N4O5S2. The predicted octanol–water partition coefficient (Wildman–Crippen LogP) is 9.49. The molecule has 0 saturated carbocycles. The van der Waals surface area contributed by atoms with Crippen LogP contribution in [0.1, 0.15) is 40.6 Å². The van der Waals surface area contributed by atoms with Crippen LogP contribution < -0.4 is 25.4 Å². The van der Waals surface area contributed by atoms with Crippen LogP contribution in [0.25, 0.3) is 17.3 Å². The normalized spacial score (nSPS) is 11.6. The van der Waals surface area contributed by atoms with Gasteiger partial charge in [-0.1, -0.05) is 66.7 Å². The quantitative estimate of drug-likeness (QED) is 0.0706. The second kappa shape index (κ2) is 18.5. The average molecular weight is 755 g/mol. The summed E-state index contributed by atoms with van der Waals surface area (Å²) < 4.78 is 11.3. The summed E-state index contributed by atoms with van der Waals surface area (Å²) in [6.45, 7) is 4.85. The minimum absolute atomic E-state index is 0.0446. The van der Waals surface area contributed by atoms with Crippen molar-refractivity contribution >= 4 is 57.7 Å². The zero-order valence-corrected chi connectivity index (χ0v) is 31.3. The highest BCUT2D eigenvalue weighted by Crippen LogP contribution is 2.37. The number of ether oxygens (including phenoxy) is 2. The Bertz CT molecular complexity index is 2210. The highest BCUT2D eigenvalue weighted by Gasteiger charge is 2.24. The fraction of sp³-hybridized carbons (Fsp3) is 0.116. The van der Waals surface area contributed by atoms with Gasteiger partial charge in [-0.25, -0.2) is 4.98 Å². The van der Waals surface area contributed by atoms with E-state index in [1.807, 2.05) is 110 Å². The van der Waals surface area contributed by atoms with E-state index in [2.05, 4.69) is 20.9 Å². The van der Waals surface area contributed by atoms with Gasteiger partial charge in [0.25, 0.3) is 11.8 Å². The van der Waals surface area contributed by atoms with Crippen molar-refractivity contribution in [3.05, 3.63) is 161 Å². The summed E-state index contributed by atoms with van der Waals surface area (Å²) in [5.41, 5.74) is 4.12. The third kappa shape index (κ3) is 10.0. The Morgan fingerprint density at radius 3 is 2.13 bits per heavy atom. The molecule has 0 spiro atoms. The number of hydrogen-bond donors (Lipinski definition) is 3. The summed E-state index contributed by atoms with van der Waals surface area (Å²) in [4.78, 5) is 46.1. The average Bonchev–Trinajstić information content (AvgIpc) is 3.67. The Kier molecular flexibility index (Phi) is 12.9. The van der Waals surface area contributed by atoms with Gasteiger partial charge < -0.3 is 25.4 Å². The Morgan fingerprint density at radius 1 is 0.759 bits per heavy atom. The third-order valence-electron chi connectivity index (χ3n) is 7.95. The van der Waals surface area contributed by atoms with Crippen molar-refractivity contribution in [2.75, 3.05) is 23.8 Å². The van der Waals surface area contributed by atoms with E-state index >= 15 is 0 Å². The first-order chi connectivity index (χ1) is 26.4. The topological polar surface area (TPSA) is 119 Å². The molecule has 11 heteroatoms. The molecule has 0 saturated heterocycles. The van der Waals surface area contributed by atoms with Crippen molar-refractivity contribution in [3.63, 3.8) is 0 Å². The lowest BCUT2D eigenvalue weighted by Gasteiger charge is -2.17. The van der Waals surface area contributed by atoms with Gasteiger partial charge in [0.1, 0.15) is 22.4 Å². The number of nitrogens with zero attached hydrogens (tertiary/aromatic N) is 1. The first kappa shape index (κ1) is 37.6. The van der Waals surface area contributed by atoms with Gasteiger partial charge in [-0.3, -0.25) is 14.4 Å². The fourth-order valence-electron chi connectivity index (χ4n) is 5.36. The molecule has 5 aromatic carbocycles. The van der Waals surface area contributed by atoms with Crippen LogP contribution in [0.15, 0.2) is 149 Å². The van der Waals surface area contributed by atoms with E-state index < -0.39 is 17.1 Å². The SMILES string of the molecule is CCOc1ccc(-c2csc(NC(=O)C(Sc3ccc(NC(=O)/C(=C/c4ccccc4OCC)NC(=O)c4ccccc4)cc3)c3ccccc3)n2)cc1. The molecule has 0 aliphatic carbocycles. The maximum atomic E-state index is 13.8. The Morgan fingerprint density at radius 2 is 1.43 bits per heavy atom. The van der Waals surface area contributed by atoms with Crippen LogP contribution in [-0.4, -0.2) is 35.9 Å². The van der Waals surface area contributed by atoms with E-state index in [-0.39, 0.29) is 11.6 Å². The molecule has 0 radical (unpaired) electrons. The summed E-state index contributed by atoms with van der Waals surface area (Å²) >= 11 is 2.74. The summed E-state index contributed by atoms with van der Waals surface area (Å²) in [5, 5.41) is 10.5. The molecule has 1 atom stereocenters. The number of carbonyl (C=O) groups is 3. The molecule has 272 valence electrons. The number of anilines is 2. The van der Waals surface area contributed by atoms with Crippen molar-refractivity contribution in [1.82, 2.24) is 10.3 Å². The van der Waals surface area contributed by atoms with Crippen molar-refractivity contribution in [2.24, 2.45) is 0 Å². The van der Waals surface area contributed by atoms with Crippen molar-refractivity contribution < 1.29 is 23.9 Å². The molecule has 3 amide bonds. The molecule has 1 heterocycles. The van der Waals surface area contributed by atoms with Gasteiger partial charge in [0.2, 0.25) is 5.91 Å². The second-order valence-electron chi connectivity index (χ2n) is 11.7. The van der Waals surface area contributed by atoms with Crippen LogP contribution in [0.3, 0.4) is 0 Å². The van der Waals surface area contributed by atoms with Crippen LogP contribution in [0.5, 0.6) is 11.5 Å². The first-order valence-electron chi connectivity index (χ1n) is 17.3. The maximum absolute atomic E-state index is 13.8. The van der Waals surface area contributed by atoms with Gasteiger partial charge >= 0.3 is 0 Å². The molecule has 3 N–H and O–H groups in total. The number of hydrogen-bond acceptors (Lipinski definition) is 8. The lowest BCUT2D eigenvalue weighted by molar-refractivity contribution is -0.116. The molecule has 1 aromatic heterocycles. The number of para-hydroxylation sites is 1. The number of nitrogens with one attached hydrogen (secondary N) is 3. The molecular weight excluding hydrogens is 717 g/mol. The van der Waals surface area contributed by atoms with Gasteiger partial charge in [0.15, 0.2) is 5.13 Å². The highest BCUT2D eigenvalue weighted by molar-refractivity contribution is 8.00. The summed E-state index contributed by atoms with van der Waals surface area (Å²) in [7, 11) is 0. The van der Waals surface area contributed by atoms with Crippen molar-refractivity contribution in [3.8, 4) is 22.8 Å². The minimum Gasteiger partial charge on any atom is -0.494 e. The highest BCUT2D eigenvalue weighted by atomic mass is 32.2. The van der Waals surface area contributed by atoms with Crippen molar-refractivity contribution in [2.45, 2.75) is 24.0 Å². The lowest BCUT2D eigenvalue weighted by Crippen LogP contribution is -2.30. The van der Waals surface area contributed by atoms with E-state index in [4.69, 9.17) is 9.47 Å². The number of rotatable bonds is 15. The van der Waals surface area contributed by atoms with E-state index in [9.17, 15) is 14.4 Å². The molecule has 54 heavy (non-hydrogen) atoms. The molecule has 1 unspecified atom stereocenters. The molecule has 6 rings (SSSR count). The number of benzene rings is 5. The monoisotopic (exact) mass is 754 g/mol. The smallest absolute Gasteiger partial charge is 0.272 e. The molecule has 0 bridgehead atoms. The van der Waals surface area contributed by atoms with Gasteiger partial charge in [-0.15, -0.1) is 23.1 Å². The summed E-state index contributed by atoms with van der Waals surface area (Å²) in [5.74, 6) is 0.221. The van der Waals surface area contributed by atoms with Gasteiger partial charge in [-0.2, -0.15) is 0 Å². The first-order valence-corrected chi connectivity index (χ1v) is 19.1.